The van der Waals surface area contributed by atoms with E-state index in [4.69, 9.17) is 21.5 Å². The van der Waals surface area contributed by atoms with Crippen LogP contribution in [0.1, 0.15) is 12.0 Å². The zero-order valence-corrected chi connectivity index (χ0v) is 15.7. The molecule has 0 bridgehead atoms. The number of hydrogen-bond acceptors (Lipinski definition) is 4. The van der Waals surface area contributed by atoms with Gasteiger partial charge in [0.1, 0.15) is 5.75 Å². The largest absolute Gasteiger partial charge is 0.495 e. The molecule has 1 saturated carbocycles. The van der Waals surface area contributed by atoms with Gasteiger partial charge in [0.05, 0.1) is 17.7 Å². The zero-order chi connectivity index (χ0) is 18.9. The van der Waals surface area contributed by atoms with E-state index in [2.05, 4.69) is 5.32 Å². The Hall–Kier alpha value is -2.09. The van der Waals surface area contributed by atoms with Crippen molar-refractivity contribution in [2.24, 2.45) is 17.0 Å². The Morgan fingerprint density at radius 2 is 1.96 bits per heavy atom. The molecule has 2 aromatic carbocycles. The fourth-order valence-electron chi connectivity index (χ4n) is 2.92. The highest BCUT2D eigenvalue weighted by molar-refractivity contribution is 7.89. The molecule has 1 amide bonds. The Labute approximate surface area is 157 Å². The van der Waals surface area contributed by atoms with Crippen molar-refractivity contribution in [3.8, 4) is 5.75 Å². The normalized spacial score (nSPS) is 19.0. The fourth-order valence-corrected chi connectivity index (χ4v) is 3.60. The quantitative estimate of drug-likeness (QED) is 0.786. The zero-order valence-electron chi connectivity index (χ0n) is 14.1. The summed E-state index contributed by atoms with van der Waals surface area (Å²) >= 11 is 5.97. The number of benzene rings is 2. The summed E-state index contributed by atoms with van der Waals surface area (Å²) in [4.78, 5) is 12.5. The van der Waals surface area contributed by atoms with Crippen LogP contribution in [0.4, 0.5) is 5.69 Å². The second-order valence-electron chi connectivity index (χ2n) is 6.33. The first-order chi connectivity index (χ1) is 12.3. The molecular formula is C18H19ClN2O4S. The van der Waals surface area contributed by atoms with Gasteiger partial charge in [-0.1, -0.05) is 23.7 Å². The molecule has 3 N–H and O–H groups in total. The SMILES string of the molecule is COc1ccc(Cl)cc1NC(=O)[C@H]1C[C@@H]1Cc1ccc(S(N)(=O)=O)cc1. The summed E-state index contributed by atoms with van der Waals surface area (Å²) in [5.41, 5.74) is 1.52. The van der Waals surface area contributed by atoms with E-state index >= 15 is 0 Å². The Morgan fingerprint density at radius 3 is 2.58 bits per heavy atom. The topological polar surface area (TPSA) is 98.5 Å². The summed E-state index contributed by atoms with van der Waals surface area (Å²) in [5.74, 6) is 0.618. The highest BCUT2D eigenvalue weighted by Gasteiger charge is 2.42. The van der Waals surface area contributed by atoms with Crippen LogP contribution in [0, 0.1) is 11.8 Å². The molecule has 0 aliphatic heterocycles. The average Bonchev–Trinajstić information content (AvgIpc) is 3.34. The number of ether oxygens (including phenoxy) is 1. The number of carbonyl (C=O) groups excluding carboxylic acids is 1. The summed E-state index contributed by atoms with van der Waals surface area (Å²) in [7, 11) is -2.16. The maximum Gasteiger partial charge on any atom is 0.238 e. The van der Waals surface area contributed by atoms with Gasteiger partial charge in [-0.05, 0) is 54.7 Å². The number of hydrogen-bond donors (Lipinski definition) is 2. The van der Waals surface area contributed by atoms with E-state index in [0.717, 1.165) is 12.0 Å². The van der Waals surface area contributed by atoms with E-state index in [1.807, 2.05) is 0 Å². The maximum atomic E-state index is 12.4. The van der Waals surface area contributed by atoms with Gasteiger partial charge in [-0.2, -0.15) is 0 Å². The first-order valence-electron chi connectivity index (χ1n) is 8.04. The highest BCUT2D eigenvalue weighted by Crippen LogP contribution is 2.42. The molecule has 0 unspecified atom stereocenters. The van der Waals surface area contributed by atoms with Gasteiger partial charge in [-0.25, -0.2) is 13.6 Å². The van der Waals surface area contributed by atoms with Crippen molar-refractivity contribution in [3.63, 3.8) is 0 Å². The second kappa shape index (κ2) is 7.26. The molecule has 8 heteroatoms. The third-order valence-electron chi connectivity index (χ3n) is 4.43. The first-order valence-corrected chi connectivity index (χ1v) is 9.96. The predicted molar refractivity (Wildman–Crippen MR) is 99.7 cm³/mol. The van der Waals surface area contributed by atoms with Gasteiger partial charge >= 0.3 is 0 Å². The smallest absolute Gasteiger partial charge is 0.238 e. The fraction of sp³-hybridized carbons (Fsp3) is 0.278. The van der Waals surface area contributed by atoms with Crippen molar-refractivity contribution >= 4 is 33.2 Å². The molecule has 3 rings (SSSR count). The minimum Gasteiger partial charge on any atom is -0.495 e. The molecule has 0 spiro atoms. The lowest BCUT2D eigenvalue weighted by Crippen LogP contribution is -2.16. The van der Waals surface area contributed by atoms with Gasteiger partial charge in [0.15, 0.2) is 0 Å². The number of rotatable bonds is 6. The van der Waals surface area contributed by atoms with E-state index in [1.165, 1.54) is 19.2 Å². The molecule has 1 aliphatic rings. The number of carbonyl (C=O) groups is 1. The maximum absolute atomic E-state index is 12.4. The predicted octanol–water partition coefficient (Wildman–Crippen LogP) is 2.81. The van der Waals surface area contributed by atoms with Crippen molar-refractivity contribution in [2.45, 2.75) is 17.7 Å². The Bertz CT molecular complexity index is 929. The summed E-state index contributed by atoms with van der Waals surface area (Å²) in [6, 6.07) is 11.5. The third-order valence-corrected chi connectivity index (χ3v) is 5.59. The molecule has 0 heterocycles. The van der Waals surface area contributed by atoms with Gasteiger partial charge in [-0.15, -0.1) is 0 Å². The number of nitrogens with two attached hydrogens (primary N) is 1. The minimum atomic E-state index is -3.69. The molecule has 138 valence electrons. The van der Waals surface area contributed by atoms with Gasteiger partial charge in [0.2, 0.25) is 15.9 Å². The number of anilines is 1. The van der Waals surface area contributed by atoms with Crippen molar-refractivity contribution in [2.75, 3.05) is 12.4 Å². The molecule has 2 atom stereocenters. The lowest BCUT2D eigenvalue weighted by atomic mass is 10.1. The molecule has 26 heavy (non-hydrogen) atoms. The highest BCUT2D eigenvalue weighted by atomic mass is 35.5. The van der Waals surface area contributed by atoms with Crippen LogP contribution < -0.4 is 15.2 Å². The summed E-state index contributed by atoms with van der Waals surface area (Å²) in [6.07, 6.45) is 1.49. The standard InChI is InChI=1S/C18H19ClN2O4S/c1-25-17-7-4-13(19)10-16(17)21-18(22)15-9-12(15)8-11-2-5-14(6-3-11)26(20,23)24/h2-7,10,12,15H,8-9H2,1H3,(H,21,22)(H2,20,23,24)/t12-,15-/m0/s1. The van der Waals surface area contributed by atoms with Gasteiger partial charge in [0.25, 0.3) is 0 Å². The number of sulfonamides is 1. The van der Waals surface area contributed by atoms with Crippen LogP contribution in [0.3, 0.4) is 0 Å². The summed E-state index contributed by atoms with van der Waals surface area (Å²) < 4.78 is 27.8. The van der Waals surface area contributed by atoms with Gasteiger partial charge in [0, 0.05) is 10.9 Å². The van der Waals surface area contributed by atoms with Crippen LogP contribution in [-0.4, -0.2) is 21.4 Å². The van der Waals surface area contributed by atoms with E-state index in [0.29, 0.717) is 22.9 Å². The monoisotopic (exact) mass is 394 g/mol. The molecule has 1 aliphatic carbocycles. The van der Waals surface area contributed by atoms with Crippen molar-refractivity contribution < 1.29 is 17.9 Å². The lowest BCUT2D eigenvalue weighted by Gasteiger charge is -2.10. The number of nitrogens with one attached hydrogen (secondary N) is 1. The number of methoxy groups -OCH3 is 1. The van der Waals surface area contributed by atoms with E-state index in [1.54, 1.807) is 30.3 Å². The van der Waals surface area contributed by atoms with E-state index in [9.17, 15) is 13.2 Å². The van der Waals surface area contributed by atoms with Crippen LogP contribution in [0.5, 0.6) is 5.75 Å². The van der Waals surface area contributed by atoms with Gasteiger partial charge < -0.3 is 10.1 Å². The molecule has 1 fully saturated rings. The van der Waals surface area contributed by atoms with Crippen LogP contribution in [0.15, 0.2) is 47.4 Å². The van der Waals surface area contributed by atoms with E-state index in [-0.39, 0.29) is 22.6 Å². The van der Waals surface area contributed by atoms with Crippen molar-refractivity contribution in [1.82, 2.24) is 0 Å². The van der Waals surface area contributed by atoms with Crippen molar-refractivity contribution in [3.05, 3.63) is 53.1 Å². The first kappa shape index (κ1) is 18.7. The number of amides is 1. The molecule has 0 radical (unpaired) electrons. The number of halogens is 1. The van der Waals surface area contributed by atoms with E-state index < -0.39 is 10.0 Å². The molecule has 0 saturated heterocycles. The third kappa shape index (κ3) is 4.35. The summed E-state index contributed by atoms with van der Waals surface area (Å²) in [6.45, 7) is 0. The Morgan fingerprint density at radius 1 is 1.27 bits per heavy atom. The average molecular weight is 395 g/mol. The second-order valence-corrected chi connectivity index (χ2v) is 8.33. The summed E-state index contributed by atoms with van der Waals surface area (Å²) in [5, 5.41) is 8.47. The lowest BCUT2D eigenvalue weighted by molar-refractivity contribution is -0.117. The molecule has 6 nitrogen and oxygen atoms in total. The van der Waals surface area contributed by atoms with Crippen LogP contribution >= 0.6 is 11.6 Å². The van der Waals surface area contributed by atoms with Crippen LogP contribution in [0.25, 0.3) is 0 Å². The molecular weight excluding hydrogens is 376 g/mol. The Balaban J connectivity index is 1.60. The molecule has 2 aromatic rings. The molecule has 0 aromatic heterocycles. The van der Waals surface area contributed by atoms with Crippen LogP contribution in [0.2, 0.25) is 5.02 Å². The minimum absolute atomic E-state index is 0.0725. The van der Waals surface area contributed by atoms with Gasteiger partial charge in [-0.3, -0.25) is 4.79 Å². The number of primary sulfonamides is 1. The Kier molecular flexibility index (Phi) is 5.22. The van der Waals surface area contributed by atoms with Crippen molar-refractivity contribution in [1.29, 1.82) is 0 Å². The van der Waals surface area contributed by atoms with Crippen LogP contribution in [-0.2, 0) is 21.2 Å².